The molecule has 7 heteroatoms. The molecule has 2 heterocycles. The Balaban J connectivity index is 1.42. The molecule has 3 atom stereocenters. The van der Waals surface area contributed by atoms with E-state index in [0.717, 1.165) is 50.0 Å². The molecule has 2 aromatic rings. The van der Waals surface area contributed by atoms with Crippen molar-refractivity contribution in [2.45, 2.75) is 57.7 Å². The van der Waals surface area contributed by atoms with Crippen molar-refractivity contribution >= 4 is 6.09 Å². The first-order chi connectivity index (χ1) is 15.1. The summed E-state index contributed by atoms with van der Waals surface area (Å²) in [5.74, 6) is 0.627. The summed E-state index contributed by atoms with van der Waals surface area (Å²) >= 11 is 0. The van der Waals surface area contributed by atoms with Crippen LogP contribution in [0.25, 0.3) is 0 Å². The Morgan fingerprint density at radius 2 is 2.13 bits per heavy atom. The number of nitrogens with one attached hydrogen (secondary N) is 1. The molecule has 164 valence electrons. The third-order valence-corrected chi connectivity index (χ3v) is 6.50. The first-order valence-corrected chi connectivity index (χ1v) is 11.3. The molecule has 1 saturated carbocycles. The predicted molar refractivity (Wildman–Crippen MR) is 117 cm³/mol. The smallest absolute Gasteiger partial charge is 0.410 e. The number of carbonyl (C=O) groups excluding carboxylic acids is 1. The number of nitriles is 1. The van der Waals surface area contributed by atoms with E-state index in [1.807, 2.05) is 35.4 Å². The lowest BCUT2D eigenvalue weighted by molar-refractivity contribution is 0.0115. The number of benzene rings is 1. The number of H-pyrrole nitrogens is 1. The number of ether oxygens (including phenoxy) is 1. The molecule has 7 nitrogen and oxygen atoms in total. The molecule has 0 spiro atoms. The molecule has 31 heavy (non-hydrogen) atoms. The van der Waals surface area contributed by atoms with Crippen molar-refractivity contribution in [1.29, 1.82) is 5.26 Å². The van der Waals surface area contributed by atoms with Crippen LogP contribution in [0, 0.1) is 17.2 Å². The molecular formula is C24H31N5O2. The minimum atomic E-state index is -0.176. The number of hydrogen-bond donors (Lipinski definition) is 1. The van der Waals surface area contributed by atoms with Crippen molar-refractivity contribution in [1.82, 2.24) is 19.8 Å². The Bertz CT molecular complexity index is 890. The Labute approximate surface area is 184 Å². The van der Waals surface area contributed by atoms with Gasteiger partial charge in [0.25, 0.3) is 0 Å². The van der Waals surface area contributed by atoms with Gasteiger partial charge in [-0.25, -0.2) is 9.78 Å². The van der Waals surface area contributed by atoms with Gasteiger partial charge in [0.1, 0.15) is 6.10 Å². The average Bonchev–Trinajstić information content (AvgIpc) is 3.28. The van der Waals surface area contributed by atoms with E-state index in [1.165, 1.54) is 6.42 Å². The number of rotatable bonds is 5. The highest BCUT2D eigenvalue weighted by Gasteiger charge is 2.32. The Morgan fingerprint density at radius 1 is 1.29 bits per heavy atom. The lowest BCUT2D eigenvalue weighted by Crippen LogP contribution is -2.55. The average molecular weight is 422 g/mol. The summed E-state index contributed by atoms with van der Waals surface area (Å²) in [6.07, 6.45) is 8.55. The first-order valence-electron chi connectivity index (χ1n) is 11.3. The SMILES string of the molecule is CC1CCCC(OC(=O)N2CCN(Cc3cnc[nH]3)C(Cc3ccc(C#N)cc3)C2)C1. The maximum Gasteiger partial charge on any atom is 0.410 e. The van der Waals surface area contributed by atoms with Gasteiger partial charge in [-0.2, -0.15) is 5.26 Å². The fourth-order valence-electron chi connectivity index (χ4n) is 4.74. The molecular weight excluding hydrogens is 390 g/mol. The van der Waals surface area contributed by atoms with Crippen LogP contribution in [0.4, 0.5) is 4.79 Å². The van der Waals surface area contributed by atoms with Crippen molar-refractivity contribution in [3.8, 4) is 6.07 Å². The standard InChI is InChI=1S/C24H31N5O2/c1-18-3-2-4-23(11-18)31-24(30)29-10-9-28(15-21-14-26-17-27-21)22(16-29)12-19-5-7-20(13-25)8-6-19/h5-8,14,17-18,22-23H,2-4,9-12,15-16H2,1H3,(H,26,27). The monoisotopic (exact) mass is 421 g/mol. The van der Waals surface area contributed by atoms with E-state index in [4.69, 9.17) is 10.00 Å². The maximum atomic E-state index is 12.9. The molecule has 1 saturated heterocycles. The molecule has 1 amide bonds. The second kappa shape index (κ2) is 9.97. The molecule has 0 radical (unpaired) electrons. The van der Waals surface area contributed by atoms with Crippen molar-refractivity contribution in [2.75, 3.05) is 19.6 Å². The summed E-state index contributed by atoms with van der Waals surface area (Å²) in [6.45, 7) is 5.09. The van der Waals surface area contributed by atoms with Crippen molar-refractivity contribution in [2.24, 2.45) is 5.92 Å². The summed E-state index contributed by atoms with van der Waals surface area (Å²) in [7, 11) is 0. The van der Waals surface area contributed by atoms with E-state index in [9.17, 15) is 4.79 Å². The Hall–Kier alpha value is -2.85. The van der Waals surface area contributed by atoms with Crippen LogP contribution in [0.3, 0.4) is 0 Å². The zero-order valence-corrected chi connectivity index (χ0v) is 18.2. The Morgan fingerprint density at radius 3 is 2.84 bits per heavy atom. The number of aromatic amines is 1. The molecule has 1 aromatic carbocycles. The number of amides is 1. The molecule has 1 aliphatic heterocycles. The highest BCUT2D eigenvalue weighted by atomic mass is 16.6. The van der Waals surface area contributed by atoms with Crippen LogP contribution in [0.15, 0.2) is 36.8 Å². The third kappa shape index (κ3) is 5.65. The number of nitrogens with zero attached hydrogens (tertiary/aromatic N) is 4. The molecule has 3 unspecified atom stereocenters. The van der Waals surface area contributed by atoms with E-state index in [-0.39, 0.29) is 18.2 Å². The van der Waals surface area contributed by atoms with Crippen molar-refractivity contribution in [3.05, 3.63) is 53.6 Å². The van der Waals surface area contributed by atoms with Gasteiger partial charge in [0.05, 0.1) is 18.0 Å². The number of hydrogen-bond acceptors (Lipinski definition) is 5. The van der Waals surface area contributed by atoms with Crippen LogP contribution in [-0.2, 0) is 17.7 Å². The minimum absolute atomic E-state index is 0.0521. The minimum Gasteiger partial charge on any atom is -0.446 e. The van der Waals surface area contributed by atoms with Crippen LogP contribution in [0.1, 0.15) is 49.4 Å². The van der Waals surface area contributed by atoms with Crippen LogP contribution < -0.4 is 0 Å². The largest absolute Gasteiger partial charge is 0.446 e. The van der Waals surface area contributed by atoms with Gasteiger partial charge < -0.3 is 14.6 Å². The topological polar surface area (TPSA) is 85.2 Å². The van der Waals surface area contributed by atoms with Crippen LogP contribution in [0.5, 0.6) is 0 Å². The number of carbonyl (C=O) groups is 1. The fourth-order valence-corrected chi connectivity index (χ4v) is 4.74. The van der Waals surface area contributed by atoms with Gasteiger partial charge in [0, 0.05) is 44.1 Å². The van der Waals surface area contributed by atoms with Gasteiger partial charge in [0.15, 0.2) is 0 Å². The molecule has 1 aromatic heterocycles. The number of aromatic nitrogens is 2. The van der Waals surface area contributed by atoms with Crippen LogP contribution in [-0.4, -0.2) is 57.6 Å². The highest BCUT2D eigenvalue weighted by Crippen LogP contribution is 2.27. The van der Waals surface area contributed by atoms with E-state index in [2.05, 4.69) is 27.9 Å². The van der Waals surface area contributed by atoms with Gasteiger partial charge in [-0.1, -0.05) is 25.5 Å². The van der Waals surface area contributed by atoms with Gasteiger partial charge in [0.2, 0.25) is 0 Å². The normalized spacial score (nSPS) is 24.5. The molecule has 1 N–H and O–H groups in total. The maximum absolute atomic E-state index is 12.9. The first kappa shape index (κ1) is 21.4. The molecule has 0 bridgehead atoms. The third-order valence-electron chi connectivity index (χ3n) is 6.50. The van der Waals surface area contributed by atoms with E-state index in [1.54, 1.807) is 6.33 Å². The van der Waals surface area contributed by atoms with E-state index >= 15 is 0 Å². The van der Waals surface area contributed by atoms with Crippen LogP contribution in [0.2, 0.25) is 0 Å². The molecule has 2 fully saturated rings. The van der Waals surface area contributed by atoms with Gasteiger partial charge in [-0.15, -0.1) is 0 Å². The molecule has 1 aliphatic carbocycles. The zero-order chi connectivity index (χ0) is 21.6. The lowest BCUT2D eigenvalue weighted by Gasteiger charge is -2.41. The van der Waals surface area contributed by atoms with Crippen LogP contribution >= 0.6 is 0 Å². The number of piperazine rings is 1. The second-order valence-corrected chi connectivity index (χ2v) is 8.94. The summed E-state index contributed by atoms with van der Waals surface area (Å²) < 4.78 is 5.89. The van der Waals surface area contributed by atoms with E-state index < -0.39 is 0 Å². The fraction of sp³-hybridized carbons (Fsp3) is 0.542. The summed E-state index contributed by atoms with van der Waals surface area (Å²) in [5, 5.41) is 9.06. The Kier molecular flexibility index (Phi) is 6.88. The highest BCUT2D eigenvalue weighted by molar-refractivity contribution is 5.68. The molecule has 2 aliphatic rings. The molecule has 4 rings (SSSR count). The number of imidazole rings is 1. The summed E-state index contributed by atoms with van der Waals surface area (Å²) in [6, 6.07) is 10.1. The summed E-state index contributed by atoms with van der Waals surface area (Å²) in [4.78, 5) is 24.5. The van der Waals surface area contributed by atoms with Gasteiger partial charge in [-0.3, -0.25) is 4.90 Å². The van der Waals surface area contributed by atoms with Crippen molar-refractivity contribution < 1.29 is 9.53 Å². The zero-order valence-electron chi connectivity index (χ0n) is 18.2. The quantitative estimate of drug-likeness (QED) is 0.795. The van der Waals surface area contributed by atoms with Gasteiger partial charge in [-0.05, 0) is 49.3 Å². The van der Waals surface area contributed by atoms with Crippen molar-refractivity contribution in [3.63, 3.8) is 0 Å². The second-order valence-electron chi connectivity index (χ2n) is 8.94. The lowest BCUT2D eigenvalue weighted by atomic mass is 9.89. The summed E-state index contributed by atoms with van der Waals surface area (Å²) in [5.41, 5.74) is 2.89. The predicted octanol–water partition coefficient (Wildman–Crippen LogP) is 3.73. The van der Waals surface area contributed by atoms with Gasteiger partial charge >= 0.3 is 6.09 Å². The van der Waals surface area contributed by atoms with E-state index in [0.29, 0.717) is 24.6 Å².